The highest BCUT2D eigenvalue weighted by atomic mass is 32.2. The molecule has 0 saturated heterocycles. The normalized spacial score (nSPS) is 15.1. The van der Waals surface area contributed by atoms with Crippen LogP contribution in [-0.4, -0.2) is 29.4 Å². The lowest BCUT2D eigenvalue weighted by Gasteiger charge is -2.09. The smallest absolute Gasteiger partial charge is 0.211 e. The van der Waals surface area contributed by atoms with Crippen molar-refractivity contribution in [3.63, 3.8) is 0 Å². The summed E-state index contributed by atoms with van der Waals surface area (Å²) in [6.07, 6.45) is 1.98. The summed E-state index contributed by atoms with van der Waals surface area (Å²) in [7, 11) is -7.39. The second-order valence-corrected chi connectivity index (χ2v) is 9.63. The van der Waals surface area contributed by atoms with Crippen LogP contribution in [0.5, 0.6) is 0 Å². The summed E-state index contributed by atoms with van der Waals surface area (Å²) in [4.78, 5) is 0.00484. The van der Waals surface area contributed by atoms with Crippen molar-refractivity contribution in [2.24, 2.45) is 0 Å². The van der Waals surface area contributed by atoms with E-state index >= 15 is 0 Å². The third-order valence-electron chi connectivity index (χ3n) is 3.94. The summed E-state index contributed by atoms with van der Waals surface area (Å²) >= 11 is 0. The molecule has 2 aromatic rings. The molecule has 6 nitrogen and oxygen atoms in total. The summed E-state index contributed by atoms with van der Waals surface area (Å²) in [5.41, 5.74) is 0.681. The average molecular weight is 398 g/mol. The van der Waals surface area contributed by atoms with Crippen molar-refractivity contribution in [3.8, 4) is 0 Å². The van der Waals surface area contributed by atoms with Crippen LogP contribution in [-0.2, 0) is 26.5 Å². The van der Waals surface area contributed by atoms with Gasteiger partial charge in [0, 0.05) is 12.6 Å². The molecule has 0 heterocycles. The minimum Gasteiger partial charge on any atom is -0.211 e. The lowest BCUT2D eigenvalue weighted by Crippen LogP contribution is -2.27. The molecule has 0 bridgehead atoms. The minimum absolute atomic E-state index is 0.0205. The van der Waals surface area contributed by atoms with Crippen molar-refractivity contribution < 1.29 is 21.2 Å². The van der Waals surface area contributed by atoms with E-state index < -0.39 is 20.0 Å². The van der Waals surface area contributed by atoms with E-state index in [2.05, 4.69) is 9.44 Å². The van der Waals surface area contributed by atoms with Crippen LogP contribution in [0.25, 0.3) is 0 Å². The first-order chi connectivity index (χ1) is 12.3. The van der Waals surface area contributed by atoms with Crippen molar-refractivity contribution in [2.45, 2.75) is 35.1 Å². The van der Waals surface area contributed by atoms with Crippen molar-refractivity contribution in [3.05, 3.63) is 59.9 Å². The van der Waals surface area contributed by atoms with Gasteiger partial charge in [0.05, 0.1) is 9.79 Å². The molecule has 9 heteroatoms. The van der Waals surface area contributed by atoms with Gasteiger partial charge in [-0.15, -0.1) is 0 Å². The van der Waals surface area contributed by atoms with Gasteiger partial charge < -0.3 is 0 Å². The Hall–Kier alpha value is -1.81. The van der Waals surface area contributed by atoms with Gasteiger partial charge in [0.2, 0.25) is 20.0 Å². The van der Waals surface area contributed by atoms with Gasteiger partial charge in [0.15, 0.2) is 0 Å². The van der Waals surface area contributed by atoms with Crippen molar-refractivity contribution in [1.82, 2.24) is 9.44 Å². The quantitative estimate of drug-likeness (QED) is 0.709. The number of nitrogens with one attached hydrogen (secondary N) is 2. The monoisotopic (exact) mass is 398 g/mol. The third-order valence-corrected chi connectivity index (χ3v) is 6.95. The van der Waals surface area contributed by atoms with Crippen LogP contribution >= 0.6 is 0 Å². The SMILES string of the molecule is O=S(=O)(NCCc1cccc(F)c1)c1ccc(S(=O)(=O)NC2CC2)cc1. The minimum atomic E-state index is -3.77. The molecule has 26 heavy (non-hydrogen) atoms. The Labute approximate surface area is 152 Å². The van der Waals surface area contributed by atoms with E-state index in [0.29, 0.717) is 12.0 Å². The maximum absolute atomic E-state index is 13.1. The van der Waals surface area contributed by atoms with E-state index in [4.69, 9.17) is 0 Å². The topological polar surface area (TPSA) is 92.3 Å². The zero-order valence-corrected chi connectivity index (χ0v) is 15.5. The fourth-order valence-corrected chi connectivity index (χ4v) is 4.73. The first-order valence-electron chi connectivity index (χ1n) is 8.13. The number of hydrogen-bond acceptors (Lipinski definition) is 4. The highest BCUT2D eigenvalue weighted by molar-refractivity contribution is 7.90. The molecule has 0 spiro atoms. The summed E-state index contributed by atoms with van der Waals surface area (Å²) in [6.45, 7) is 0.106. The van der Waals surface area contributed by atoms with Gasteiger partial charge in [-0.05, 0) is 61.2 Å². The third kappa shape index (κ3) is 4.88. The summed E-state index contributed by atoms with van der Waals surface area (Å²) < 4.78 is 66.8. The van der Waals surface area contributed by atoms with Gasteiger partial charge in [-0.3, -0.25) is 0 Å². The van der Waals surface area contributed by atoms with E-state index in [0.717, 1.165) is 12.8 Å². The maximum atomic E-state index is 13.1. The molecule has 1 aliphatic carbocycles. The van der Waals surface area contributed by atoms with Crippen LogP contribution in [0.3, 0.4) is 0 Å². The summed E-state index contributed by atoms with van der Waals surface area (Å²) in [5, 5.41) is 0. The van der Waals surface area contributed by atoms with Gasteiger partial charge in [0.1, 0.15) is 5.82 Å². The Morgan fingerprint density at radius 3 is 2.12 bits per heavy atom. The molecule has 140 valence electrons. The van der Waals surface area contributed by atoms with Gasteiger partial charge in [-0.1, -0.05) is 12.1 Å². The molecule has 0 amide bonds. The second-order valence-electron chi connectivity index (χ2n) is 6.14. The first kappa shape index (κ1) is 19.0. The molecule has 0 aromatic heterocycles. The fraction of sp³-hybridized carbons (Fsp3) is 0.294. The van der Waals surface area contributed by atoms with E-state index in [-0.39, 0.29) is 28.2 Å². The van der Waals surface area contributed by atoms with Gasteiger partial charge in [0.25, 0.3) is 0 Å². The van der Waals surface area contributed by atoms with E-state index in [1.165, 1.54) is 36.4 Å². The molecule has 0 aliphatic heterocycles. The Bertz CT molecular complexity index is 986. The Morgan fingerprint density at radius 2 is 1.54 bits per heavy atom. The van der Waals surface area contributed by atoms with Crippen LogP contribution in [0, 0.1) is 5.82 Å². The average Bonchev–Trinajstić information content (AvgIpc) is 3.38. The molecule has 0 unspecified atom stereocenters. The van der Waals surface area contributed by atoms with Crippen molar-refractivity contribution >= 4 is 20.0 Å². The van der Waals surface area contributed by atoms with Crippen molar-refractivity contribution in [2.75, 3.05) is 6.54 Å². The van der Waals surface area contributed by atoms with Crippen LogP contribution in [0.2, 0.25) is 0 Å². The van der Waals surface area contributed by atoms with Gasteiger partial charge in [-0.25, -0.2) is 30.7 Å². The molecule has 0 radical (unpaired) electrons. The predicted molar refractivity (Wildman–Crippen MR) is 95.1 cm³/mol. The number of rotatable bonds is 8. The van der Waals surface area contributed by atoms with Crippen molar-refractivity contribution in [1.29, 1.82) is 0 Å². The standard InChI is InChI=1S/C17H19FN2O4S2/c18-14-3-1-2-13(12-14)10-11-19-25(21,22)16-6-8-17(9-7-16)26(23,24)20-15-4-5-15/h1-3,6-9,12,15,19-20H,4-5,10-11H2. The zero-order valence-electron chi connectivity index (χ0n) is 13.9. The highest BCUT2D eigenvalue weighted by Crippen LogP contribution is 2.22. The number of halogens is 1. The molecule has 0 atom stereocenters. The molecule has 3 rings (SSSR count). The fourth-order valence-electron chi connectivity index (χ4n) is 2.39. The Kier molecular flexibility index (Phi) is 5.42. The Morgan fingerprint density at radius 1 is 0.923 bits per heavy atom. The van der Waals surface area contributed by atoms with Crippen LogP contribution in [0.1, 0.15) is 18.4 Å². The number of hydrogen-bond donors (Lipinski definition) is 2. The molecule has 1 fully saturated rings. The van der Waals surface area contributed by atoms with Crippen LogP contribution in [0.15, 0.2) is 58.3 Å². The second kappa shape index (κ2) is 7.43. The maximum Gasteiger partial charge on any atom is 0.240 e. The molecule has 2 aromatic carbocycles. The number of benzene rings is 2. The predicted octanol–water partition coefficient (Wildman–Crippen LogP) is 1.79. The van der Waals surface area contributed by atoms with Crippen LogP contribution < -0.4 is 9.44 Å². The largest absolute Gasteiger partial charge is 0.240 e. The molecular formula is C17H19FN2O4S2. The molecule has 1 aliphatic rings. The van der Waals surface area contributed by atoms with Crippen LogP contribution in [0.4, 0.5) is 4.39 Å². The van der Waals surface area contributed by atoms with Gasteiger partial charge in [-0.2, -0.15) is 0 Å². The molecule has 2 N–H and O–H groups in total. The van der Waals surface area contributed by atoms with E-state index in [1.54, 1.807) is 12.1 Å². The Balaban J connectivity index is 1.63. The summed E-state index contributed by atoms with van der Waals surface area (Å²) in [5.74, 6) is -0.373. The molecular weight excluding hydrogens is 379 g/mol. The highest BCUT2D eigenvalue weighted by Gasteiger charge is 2.28. The molecule has 1 saturated carbocycles. The lowest BCUT2D eigenvalue weighted by molar-refractivity contribution is 0.577. The van der Waals surface area contributed by atoms with Gasteiger partial charge >= 0.3 is 0 Å². The van der Waals surface area contributed by atoms with E-state index in [1.807, 2.05) is 0 Å². The number of sulfonamides is 2. The lowest BCUT2D eigenvalue weighted by atomic mass is 10.1. The van der Waals surface area contributed by atoms with E-state index in [9.17, 15) is 21.2 Å². The zero-order chi connectivity index (χ0) is 18.8. The summed E-state index contributed by atoms with van der Waals surface area (Å²) in [6, 6.07) is 11.0. The first-order valence-corrected chi connectivity index (χ1v) is 11.1.